The number of hydrogen-bond donors (Lipinski definition) is 1. The van der Waals surface area contributed by atoms with Crippen molar-refractivity contribution in [3.8, 4) is 0 Å². The van der Waals surface area contributed by atoms with Crippen LogP contribution in [0.25, 0.3) is 10.8 Å². The molecule has 0 aliphatic carbocycles. The third-order valence-electron chi connectivity index (χ3n) is 4.26. The number of halogens is 1. The highest BCUT2D eigenvalue weighted by atomic mass is 35.5. The molecule has 3 aromatic rings. The lowest BCUT2D eigenvalue weighted by Crippen LogP contribution is -2.31. The molecule has 0 saturated heterocycles. The molecule has 0 saturated carbocycles. The van der Waals surface area contributed by atoms with Crippen LogP contribution >= 0.6 is 11.6 Å². The van der Waals surface area contributed by atoms with Crippen molar-refractivity contribution in [3.63, 3.8) is 0 Å². The molecule has 4 heteroatoms. The van der Waals surface area contributed by atoms with E-state index in [1.807, 2.05) is 36.4 Å². The highest BCUT2D eigenvalue weighted by Crippen LogP contribution is 2.38. The van der Waals surface area contributed by atoms with E-state index in [4.69, 9.17) is 11.6 Å². The lowest BCUT2D eigenvalue weighted by molar-refractivity contribution is 0.0969. The van der Waals surface area contributed by atoms with Crippen LogP contribution in [0.15, 0.2) is 60.7 Å². The summed E-state index contributed by atoms with van der Waals surface area (Å²) in [4.78, 5) is 14.3. The number of rotatable bonds is 3. The lowest BCUT2D eigenvalue weighted by atomic mass is 10.1. The van der Waals surface area contributed by atoms with E-state index in [1.54, 1.807) is 29.2 Å². The van der Waals surface area contributed by atoms with Gasteiger partial charge in [-0.1, -0.05) is 48.0 Å². The van der Waals surface area contributed by atoms with Crippen LogP contribution in [0.2, 0.25) is 5.02 Å². The fourth-order valence-corrected chi connectivity index (χ4v) is 3.25. The van der Waals surface area contributed by atoms with Crippen LogP contribution in [0.1, 0.15) is 22.0 Å². The predicted octanol–water partition coefficient (Wildman–Crippen LogP) is 4.19. The summed E-state index contributed by atoms with van der Waals surface area (Å²) in [5.74, 6) is -0.0650. The van der Waals surface area contributed by atoms with Crippen LogP contribution < -0.4 is 4.90 Å². The van der Waals surface area contributed by atoms with E-state index in [9.17, 15) is 9.90 Å². The fraction of sp³-hybridized carbons (Fsp3) is 0.105. The SMILES string of the molecule is O=C1c2cccc3cccc(c23)N1C[C@@H](O)c1ccc(Cl)cc1. The number of benzene rings is 3. The second-order valence-electron chi connectivity index (χ2n) is 5.66. The Kier molecular flexibility index (Phi) is 3.33. The molecule has 1 heterocycles. The Morgan fingerprint density at radius 2 is 1.70 bits per heavy atom. The van der Waals surface area contributed by atoms with Crippen molar-refractivity contribution in [2.24, 2.45) is 0 Å². The number of carbonyl (C=O) groups excluding carboxylic acids is 1. The molecule has 4 rings (SSSR count). The Morgan fingerprint density at radius 1 is 1.00 bits per heavy atom. The van der Waals surface area contributed by atoms with E-state index in [1.165, 1.54) is 0 Å². The van der Waals surface area contributed by atoms with E-state index >= 15 is 0 Å². The van der Waals surface area contributed by atoms with Gasteiger partial charge in [0.25, 0.3) is 5.91 Å². The van der Waals surface area contributed by atoms with Crippen LogP contribution in [-0.4, -0.2) is 17.6 Å². The summed E-state index contributed by atoms with van der Waals surface area (Å²) < 4.78 is 0. The zero-order valence-corrected chi connectivity index (χ0v) is 13.0. The molecule has 114 valence electrons. The largest absolute Gasteiger partial charge is 0.387 e. The zero-order valence-electron chi connectivity index (χ0n) is 12.2. The van der Waals surface area contributed by atoms with Crippen molar-refractivity contribution in [1.82, 2.24) is 0 Å². The first-order chi connectivity index (χ1) is 11.1. The molecular weight excluding hydrogens is 310 g/mol. The topological polar surface area (TPSA) is 40.5 Å². The maximum absolute atomic E-state index is 12.7. The van der Waals surface area contributed by atoms with E-state index in [-0.39, 0.29) is 12.5 Å². The molecule has 3 aromatic carbocycles. The molecular formula is C19H14ClNO2. The van der Waals surface area contributed by atoms with Crippen molar-refractivity contribution >= 4 is 34.0 Å². The number of hydrogen-bond acceptors (Lipinski definition) is 2. The monoisotopic (exact) mass is 323 g/mol. The summed E-state index contributed by atoms with van der Waals surface area (Å²) in [6.07, 6.45) is -0.763. The number of aliphatic hydroxyl groups excluding tert-OH is 1. The van der Waals surface area contributed by atoms with Gasteiger partial charge in [-0.2, -0.15) is 0 Å². The minimum atomic E-state index is -0.763. The molecule has 1 aliphatic rings. The number of nitrogens with zero attached hydrogens (tertiary/aromatic N) is 1. The normalized spacial score (nSPS) is 14.5. The number of anilines is 1. The van der Waals surface area contributed by atoms with Gasteiger partial charge in [0.05, 0.1) is 18.3 Å². The lowest BCUT2D eigenvalue weighted by Gasteiger charge is -2.21. The van der Waals surface area contributed by atoms with Gasteiger partial charge in [0, 0.05) is 16.0 Å². The summed E-state index contributed by atoms with van der Waals surface area (Å²) in [7, 11) is 0. The summed E-state index contributed by atoms with van der Waals surface area (Å²) in [6, 6.07) is 18.6. The Balaban J connectivity index is 1.70. The maximum atomic E-state index is 12.7. The first kappa shape index (κ1) is 14.2. The first-order valence-corrected chi connectivity index (χ1v) is 7.80. The fourth-order valence-electron chi connectivity index (χ4n) is 3.12. The summed E-state index contributed by atoms with van der Waals surface area (Å²) in [5, 5.41) is 13.1. The molecule has 1 amide bonds. The minimum Gasteiger partial charge on any atom is -0.387 e. The van der Waals surface area contributed by atoms with Crippen LogP contribution in [0.3, 0.4) is 0 Å². The Morgan fingerprint density at radius 3 is 2.43 bits per heavy atom. The number of β-amino-alcohol motifs (C(OH)–C–C–N with tert-alkyl or cyclic N) is 1. The molecule has 1 aliphatic heterocycles. The van der Waals surface area contributed by atoms with Gasteiger partial charge in [-0.25, -0.2) is 0 Å². The summed E-state index contributed by atoms with van der Waals surface area (Å²) in [6.45, 7) is 0.217. The average molecular weight is 324 g/mol. The molecule has 0 fully saturated rings. The predicted molar refractivity (Wildman–Crippen MR) is 92.0 cm³/mol. The van der Waals surface area contributed by atoms with E-state index in [0.29, 0.717) is 10.6 Å². The quantitative estimate of drug-likeness (QED) is 0.785. The average Bonchev–Trinajstić information content (AvgIpc) is 2.84. The molecule has 0 bridgehead atoms. The third-order valence-corrected chi connectivity index (χ3v) is 4.51. The van der Waals surface area contributed by atoms with Gasteiger partial charge in [0.15, 0.2) is 0 Å². The van der Waals surface area contributed by atoms with Crippen molar-refractivity contribution < 1.29 is 9.90 Å². The van der Waals surface area contributed by atoms with Gasteiger partial charge >= 0.3 is 0 Å². The van der Waals surface area contributed by atoms with Crippen molar-refractivity contribution in [3.05, 3.63) is 76.8 Å². The van der Waals surface area contributed by atoms with Crippen LogP contribution in [0, 0.1) is 0 Å². The second kappa shape index (κ2) is 5.37. The smallest absolute Gasteiger partial charge is 0.259 e. The number of carbonyl (C=O) groups is 1. The number of aliphatic hydroxyl groups is 1. The van der Waals surface area contributed by atoms with Gasteiger partial charge in [-0.05, 0) is 35.2 Å². The molecule has 1 N–H and O–H groups in total. The van der Waals surface area contributed by atoms with Crippen LogP contribution in [0.5, 0.6) is 0 Å². The van der Waals surface area contributed by atoms with E-state index in [2.05, 4.69) is 0 Å². The molecule has 3 nitrogen and oxygen atoms in total. The van der Waals surface area contributed by atoms with Gasteiger partial charge in [0.1, 0.15) is 0 Å². The van der Waals surface area contributed by atoms with E-state index < -0.39 is 6.10 Å². The zero-order chi connectivity index (χ0) is 16.0. The second-order valence-corrected chi connectivity index (χ2v) is 6.10. The standard InChI is InChI=1S/C19H14ClNO2/c20-14-9-7-12(8-10-14)17(22)11-21-16-6-2-4-13-3-1-5-15(18(13)16)19(21)23/h1-10,17,22H,11H2/t17-/m1/s1. The Hall–Kier alpha value is -2.36. The summed E-state index contributed by atoms with van der Waals surface area (Å²) >= 11 is 5.88. The maximum Gasteiger partial charge on any atom is 0.259 e. The van der Waals surface area contributed by atoms with Gasteiger partial charge < -0.3 is 10.0 Å². The van der Waals surface area contributed by atoms with Gasteiger partial charge in [-0.3, -0.25) is 4.79 Å². The van der Waals surface area contributed by atoms with Crippen molar-refractivity contribution in [2.75, 3.05) is 11.4 Å². The van der Waals surface area contributed by atoms with Gasteiger partial charge in [0.2, 0.25) is 0 Å². The van der Waals surface area contributed by atoms with Crippen LogP contribution in [-0.2, 0) is 0 Å². The molecule has 0 radical (unpaired) electrons. The van der Waals surface area contributed by atoms with Crippen LogP contribution in [0.4, 0.5) is 5.69 Å². The Labute approximate surface area is 138 Å². The molecule has 1 atom stereocenters. The number of amides is 1. The molecule has 0 aromatic heterocycles. The minimum absolute atomic E-state index is 0.0650. The van der Waals surface area contributed by atoms with Gasteiger partial charge in [-0.15, -0.1) is 0 Å². The molecule has 0 unspecified atom stereocenters. The van der Waals surface area contributed by atoms with Crippen molar-refractivity contribution in [1.29, 1.82) is 0 Å². The highest BCUT2D eigenvalue weighted by molar-refractivity contribution is 6.30. The van der Waals surface area contributed by atoms with Crippen molar-refractivity contribution in [2.45, 2.75) is 6.10 Å². The molecule has 0 spiro atoms. The molecule has 23 heavy (non-hydrogen) atoms. The summed E-state index contributed by atoms with van der Waals surface area (Å²) in [5.41, 5.74) is 2.29. The van der Waals surface area contributed by atoms with E-state index in [0.717, 1.165) is 22.0 Å². The highest BCUT2D eigenvalue weighted by Gasteiger charge is 2.30. The Bertz CT molecular complexity index is 900. The third kappa shape index (κ3) is 2.29. The first-order valence-electron chi connectivity index (χ1n) is 7.42.